The maximum Gasteiger partial charge on any atom is 0.278 e. The molecule has 2 aromatic rings. The molecule has 2 atom stereocenters. The van der Waals surface area contributed by atoms with Gasteiger partial charge in [0.1, 0.15) is 23.9 Å². The molecule has 0 unspecified atom stereocenters. The first-order valence-electron chi connectivity index (χ1n) is 10.4. The smallest absolute Gasteiger partial charge is 0.278 e. The molecule has 0 aliphatic carbocycles. The van der Waals surface area contributed by atoms with Crippen molar-refractivity contribution in [3.8, 4) is 5.75 Å². The van der Waals surface area contributed by atoms with Gasteiger partial charge in [-0.2, -0.15) is 0 Å². The monoisotopic (exact) mass is 446 g/mol. The molecule has 32 heavy (non-hydrogen) atoms. The molecule has 2 aliphatic heterocycles. The van der Waals surface area contributed by atoms with Crippen LogP contribution in [0.3, 0.4) is 0 Å². The van der Waals surface area contributed by atoms with Crippen molar-refractivity contribution in [3.05, 3.63) is 62.6 Å². The van der Waals surface area contributed by atoms with Gasteiger partial charge >= 0.3 is 0 Å². The van der Waals surface area contributed by atoms with Gasteiger partial charge in [0.05, 0.1) is 0 Å². The Bertz CT molecular complexity index is 1160. The minimum atomic E-state index is -1.02. The fraction of sp³-hybridized carbons (Fsp3) is 0.409. The number of carbonyl (C=O) groups is 2. The fourth-order valence-corrected chi connectivity index (χ4v) is 4.22. The molecule has 3 heterocycles. The molecule has 0 radical (unpaired) electrons. The van der Waals surface area contributed by atoms with Crippen molar-refractivity contribution >= 4 is 11.8 Å². The quantitative estimate of drug-likeness (QED) is 0.752. The van der Waals surface area contributed by atoms with Crippen LogP contribution in [0.25, 0.3) is 0 Å². The average molecular weight is 446 g/mol. The highest BCUT2D eigenvalue weighted by atomic mass is 19.1. The molecule has 1 aromatic carbocycles. The Balaban J connectivity index is 1.70. The Morgan fingerprint density at radius 2 is 1.78 bits per heavy atom. The maximum absolute atomic E-state index is 14.1. The van der Waals surface area contributed by atoms with E-state index in [9.17, 15) is 28.3 Å². The minimum absolute atomic E-state index is 0.0251. The Kier molecular flexibility index (Phi) is 5.39. The van der Waals surface area contributed by atoms with Crippen LogP contribution in [0.1, 0.15) is 58.7 Å². The van der Waals surface area contributed by atoms with Crippen LogP contribution >= 0.6 is 0 Å². The summed E-state index contributed by atoms with van der Waals surface area (Å²) in [5.41, 5.74) is -1.59. The van der Waals surface area contributed by atoms with Crippen LogP contribution in [-0.2, 0) is 6.54 Å². The molecule has 2 amide bonds. The summed E-state index contributed by atoms with van der Waals surface area (Å²) in [6.07, 6.45) is 2.73. The molecule has 8 nitrogen and oxygen atoms in total. The highest BCUT2D eigenvalue weighted by Gasteiger charge is 2.39. The van der Waals surface area contributed by atoms with Crippen LogP contribution in [0, 0.1) is 18.6 Å². The van der Waals surface area contributed by atoms with E-state index in [4.69, 9.17) is 0 Å². The number of benzene rings is 1. The van der Waals surface area contributed by atoms with Crippen molar-refractivity contribution in [2.45, 2.75) is 52.2 Å². The van der Waals surface area contributed by atoms with Crippen LogP contribution in [0.4, 0.5) is 8.78 Å². The Morgan fingerprint density at radius 3 is 2.44 bits per heavy atom. The lowest BCUT2D eigenvalue weighted by Crippen LogP contribution is -2.57. The molecule has 1 fully saturated rings. The number of halogens is 2. The van der Waals surface area contributed by atoms with Gasteiger partial charge in [-0.3, -0.25) is 24.1 Å². The molecule has 4 rings (SSSR count). The van der Waals surface area contributed by atoms with E-state index in [-0.39, 0.29) is 30.0 Å². The number of rotatable bonds is 3. The van der Waals surface area contributed by atoms with Gasteiger partial charge in [0.25, 0.3) is 11.8 Å². The molecule has 0 saturated carbocycles. The largest absolute Gasteiger partial charge is 0.502 e. The number of aryl methyl sites for hydroxylation is 1. The third kappa shape index (κ3) is 3.49. The predicted molar refractivity (Wildman–Crippen MR) is 112 cm³/mol. The lowest BCUT2D eigenvalue weighted by molar-refractivity contribution is 0.0627. The second-order valence-corrected chi connectivity index (χ2v) is 8.43. The van der Waals surface area contributed by atoms with Crippen molar-refractivity contribution in [3.63, 3.8) is 0 Å². The van der Waals surface area contributed by atoms with Crippen LogP contribution in [0.2, 0.25) is 0 Å². The third-order valence-corrected chi connectivity index (χ3v) is 6.20. The zero-order valence-electron chi connectivity index (χ0n) is 18.0. The molecule has 170 valence electrons. The number of nitrogens with one attached hydrogen (secondary N) is 1. The zero-order chi connectivity index (χ0) is 23.3. The van der Waals surface area contributed by atoms with E-state index in [0.29, 0.717) is 5.56 Å². The van der Waals surface area contributed by atoms with Crippen LogP contribution in [0.15, 0.2) is 23.1 Å². The number of hydrogen-bond acceptors (Lipinski definition) is 5. The second-order valence-electron chi connectivity index (χ2n) is 8.43. The summed E-state index contributed by atoms with van der Waals surface area (Å²) < 4.78 is 29.5. The lowest BCUT2D eigenvalue weighted by atomic mass is 10.1. The number of aromatic hydroxyl groups is 1. The van der Waals surface area contributed by atoms with Gasteiger partial charge in [-0.25, -0.2) is 8.78 Å². The molecule has 1 saturated heterocycles. The number of amides is 2. The Labute approximate surface area is 183 Å². The number of fused-ring (bicyclic) bond motifs is 4. The Hall–Kier alpha value is -3.43. The van der Waals surface area contributed by atoms with E-state index in [1.165, 1.54) is 10.9 Å². The van der Waals surface area contributed by atoms with Crippen LogP contribution < -0.4 is 15.8 Å². The van der Waals surface area contributed by atoms with E-state index in [0.717, 1.165) is 25.0 Å². The maximum atomic E-state index is 14.1. The molecule has 2 N–H and O–H groups in total. The topological polar surface area (TPSA) is 94.9 Å². The molecular formula is C22H24F2N4O4. The van der Waals surface area contributed by atoms with Gasteiger partial charge in [-0.05, 0) is 51.3 Å². The van der Waals surface area contributed by atoms with E-state index in [1.54, 1.807) is 16.8 Å². The van der Waals surface area contributed by atoms with E-state index < -0.39 is 46.7 Å². The number of nitrogens with zero attached hydrogens (tertiary/aromatic N) is 3. The molecule has 10 heteroatoms. The van der Waals surface area contributed by atoms with Gasteiger partial charge in [0, 0.05) is 30.4 Å². The standard InChI is InChI=1S/C22H24F2N4O4/c1-11-6-16(23)14(17(24)7-11)8-25-21(31)15-9-27-18(20(30)19(15)29)22(32)26-10-28(27)13(3)5-4-12(26)2/h6-7,9,12-13,30H,4-5,8,10H2,1-3H3,(H,25,31)/t12-,13-/m1/s1. The zero-order valence-corrected chi connectivity index (χ0v) is 18.0. The van der Waals surface area contributed by atoms with E-state index in [1.807, 2.05) is 13.8 Å². The van der Waals surface area contributed by atoms with Crippen LogP contribution in [-0.4, -0.2) is 45.2 Å². The highest BCUT2D eigenvalue weighted by molar-refractivity contribution is 5.99. The molecular weight excluding hydrogens is 422 g/mol. The molecule has 2 aliphatic rings. The minimum Gasteiger partial charge on any atom is -0.502 e. The highest BCUT2D eigenvalue weighted by Crippen LogP contribution is 2.28. The summed E-state index contributed by atoms with van der Waals surface area (Å²) in [7, 11) is 0. The SMILES string of the molecule is Cc1cc(F)c(CNC(=O)c2cn3c(c(O)c2=O)C(=O)N2CN3[C@H](C)CC[C@H]2C)c(F)c1. The van der Waals surface area contributed by atoms with Gasteiger partial charge in [-0.1, -0.05) is 0 Å². The van der Waals surface area contributed by atoms with Gasteiger partial charge in [-0.15, -0.1) is 0 Å². The summed E-state index contributed by atoms with van der Waals surface area (Å²) in [6, 6.07) is 2.19. The first-order chi connectivity index (χ1) is 15.1. The number of aromatic nitrogens is 1. The van der Waals surface area contributed by atoms with Crippen molar-refractivity contribution in [2.24, 2.45) is 0 Å². The fourth-order valence-electron chi connectivity index (χ4n) is 4.22. The van der Waals surface area contributed by atoms with E-state index in [2.05, 4.69) is 5.32 Å². The van der Waals surface area contributed by atoms with Crippen molar-refractivity contribution < 1.29 is 23.5 Å². The summed E-state index contributed by atoms with van der Waals surface area (Å²) in [4.78, 5) is 40.0. The summed E-state index contributed by atoms with van der Waals surface area (Å²) in [5.74, 6) is -3.86. The van der Waals surface area contributed by atoms with Crippen molar-refractivity contribution in [1.82, 2.24) is 14.9 Å². The third-order valence-electron chi connectivity index (χ3n) is 6.20. The van der Waals surface area contributed by atoms with Crippen LogP contribution in [0.5, 0.6) is 5.75 Å². The van der Waals surface area contributed by atoms with Gasteiger partial charge in [0.2, 0.25) is 5.43 Å². The summed E-state index contributed by atoms with van der Waals surface area (Å²) in [5, 5.41) is 14.7. The first-order valence-corrected chi connectivity index (χ1v) is 10.4. The molecule has 0 spiro atoms. The second kappa shape index (κ2) is 7.92. The van der Waals surface area contributed by atoms with Gasteiger partial charge in [0.15, 0.2) is 11.4 Å². The number of carbonyl (C=O) groups excluding carboxylic acids is 2. The number of hydrogen-bond donors (Lipinski definition) is 2. The van der Waals surface area contributed by atoms with Crippen molar-refractivity contribution in [2.75, 3.05) is 11.7 Å². The first kappa shape index (κ1) is 21.8. The normalized spacial score (nSPS) is 20.1. The number of pyridine rings is 1. The summed E-state index contributed by atoms with van der Waals surface area (Å²) >= 11 is 0. The predicted octanol–water partition coefficient (Wildman–Crippen LogP) is 1.99. The lowest BCUT2D eigenvalue weighted by Gasteiger charge is -2.41. The van der Waals surface area contributed by atoms with Gasteiger partial charge < -0.3 is 15.3 Å². The average Bonchev–Trinajstić information content (AvgIpc) is 2.85. The van der Waals surface area contributed by atoms with E-state index >= 15 is 0 Å². The van der Waals surface area contributed by atoms with Crippen molar-refractivity contribution in [1.29, 1.82) is 0 Å². The molecule has 1 aromatic heterocycles. The Morgan fingerprint density at radius 1 is 1.16 bits per heavy atom. The summed E-state index contributed by atoms with van der Waals surface area (Å²) in [6.45, 7) is 5.16. The molecule has 2 bridgehead atoms.